The van der Waals surface area contributed by atoms with Crippen molar-refractivity contribution in [3.8, 4) is 11.5 Å². The Morgan fingerprint density at radius 2 is 1.61 bits per heavy atom. The average molecular weight is 524 g/mol. The van der Waals surface area contributed by atoms with Crippen LogP contribution < -0.4 is 19.1 Å². The molecule has 0 heterocycles. The molecule has 11 heteroatoms. The number of sulfonamides is 1. The molecule has 2 amide bonds. The van der Waals surface area contributed by atoms with Gasteiger partial charge >= 0.3 is 0 Å². The van der Waals surface area contributed by atoms with Gasteiger partial charge in [0.05, 0.1) is 26.2 Å². The number of halogens is 1. The van der Waals surface area contributed by atoms with Crippen LogP contribution in [0.25, 0.3) is 0 Å². The van der Waals surface area contributed by atoms with Crippen molar-refractivity contribution in [3.63, 3.8) is 0 Å². The van der Waals surface area contributed by atoms with E-state index in [1.807, 2.05) is 20.8 Å². The maximum absolute atomic E-state index is 13.5. The third kappa shape index (κ3) is 7.84. The fourth-order valence-electron chi connectivity index (χ4n) is 3.44. The van der Waals surface area contributed by atoms with E-state index in [9.17, 15) is 22.4 Å². The number of ether oxygens (including phenoxy) is 2. The second-order valence-electron chi connectivity index (χ2n) is 9.37. The van der Waals surface area contributed by atoms with Crippen LogP contribution in [0.4, 0.5) is 10.1 Å². The molecule has 0 aromatic heterocycles. The zero-order valence-corrected chi connectivity index (χ0v) is 22.5. The summed E-state index contributed by atoms with van der Waals surface area (Å²) in [5.41, 5.74) is 0.225. The molecule has 36 heavy (non-hydrogen) atoms. The van der Waals surface area contributed by atoms with Crippen molar-refractivity contribution >= 4 is 27.5 Å². The Labute approximate surface area is 212 Å². The van der Waals surface area contributed by atoms with Gasteiger partial charge in [-0.25, -0.2) is 12.8 Å². The lowest BCUT2D eigenvalue weighted by Gasteiger charge is -2.33. The number of hydrogen-bond acceptors (Lipinski definition) is 6. The first-order valence-electron chi connectivity index (χ1n) is 11.2. The van der Waals surface area contributed by atoms with Gasteiger partial charge < -0.3 is 19.7 Å². The van der Waals surface area contributed by atoms with Crippen LogP contribution in [0.3, 0.4) is 0 Å². The number of rotatable bonds is 10. The van der Waals surface area contributed by atoms with E-state index < -0.39 is 45.8 Å². The van der Waals surface area contributed by atoms with Crippen LogP contribution in [0.1, 0.15) is 33.3 Å². The topological polar surface area (TPSA) is 105 Å². The van der Waals surface area contributed by atoms with Crippen LogP contribution in [0.2, 0.25) is 0 Å². The average Bonchev–Trinajstić information content (AvgIpc) is 2.79. The number of methoxy groups -OCH3 is 2. The number of anilines is 1. The highest BCUT2D eigenvalue weighted by Gasteiger charge is 2.31. The molecule has 0 fully saturated rings. The fourth-order valence-corrected chi connectivity index (χ4v) is 4.28. The lowest BCUT2D eigenvalue weighted by Crippen LogP contribution is -2.54. The number of hydrogen-bond donors (Lipinski definition) is 1. The highest BCUT2D eigenvalue weighted by molar-refractivity contribution is 7.92. The first-order valence-corrected chi connectivity index (χ1v) is 13.1. The second kappa shape index (κ2) is 11.6. The van der Waals surface area contributed by atoms with E-state index in [1.54, 1.807) is 6.92 Å². The molecular weight excluding hydrogens is 489 g/mol. The van der Waals surface area contributed by atoms with Crippen molar-refractivity contribution in [1.29, 1.82) is 0 Å². The van der Waals surface area contributed by atoms with Gasteiger partial charge in [-0.2, -0.15) is 0 Å². The zero-order chi connectivity index (χ0) is 27.3. The monoisotopic (exact) mass is 523 g/mol. The molecule has 0 radical (unpaired) electrons. The van der Waals surface area contributed by atoms with Crippen molar-refractivity contribution in [2.24, 2.45) is 0 Å². The van der Waals surface area contributed by atoms with Crippen molar-refractivity contribution in [1.82, 2.24) is 10.2 Å². The molecule has 0 bridgehead atoms. The van der Waals surface area contributed by atoms with E-state index in [2.05, 4.69) is 5.32 Å². The van der Waals surface area contributed by atoms with Gasteiger partial charge in [0.1, 0.15) is 18.4 Å². The Morgan fingerprint density at radius 3 is 2.11 bits per heavy atom. The van der Waals surface area contributed by atoms with E-state index in [-0.39, 0.29) is 18.0 Å². The Balaban J connectivity index is 2.44. The van der Waals surface area contributed by atoms with Crippen LogP contribution in [-0.2, 0) is 26.2 Å². The molecule has 0 unspecified atom stereocenters. The van der Waals surface area contributed by atoms with E-state index in [1.165, 1.54) is 61.6 Å². The molecule has 0 aliphatic rings. The number of carbonyl (C=O) groups is 2. The molecule has 1 N–H and O–H groups in total. The largest absolute Gasteiger partial charge is 0.493 e. The number of nitrogens with zero attached hydrogens (tertiary/aromatic N) is 2. The summed E-state index contributed by atoms with van der Waals surface area (Å²) in [5.74, 6) is -0.776. The molecule has 0 saturated carbocycles. The van der Waals surface area contributed by atoms with E-state index in [0.29, 0.717) is 11.3 Å². The summed E-state index contributed by atoms with van der Waals surface area (Å²) in [6, 6.07) is 9.07. The maximum atomic E-state index is 13.5. The van der Waals surface area contributed by atoms with Gasteiger partial charge in [-0.05, 0) is 57.5 Å². The molecule has 0 aliphatic carbocycles. The Hall–Kier alpha value is -3.34. The zero-order valence-electron chi connectivity index (χ0n) is 21.7. The maximum Gasteiger partial charge on any atom is 0.244 e. The van der Waals surface area contributed by atoms with Crippen LogP contribution in [0.15, 0.2) is 42.5 Å². The van der Waals surface area contributed by atoms with E-state index in [0.717, 1.165) is 10.6 Å². The summed E-state index contributed by atoms with van der Waals surface area (Å²) in [5, 5.41) is 2.84. The summed E-state index contributed by atoms with van der Waals surface area (Å²) in [4.78, 5) is 27.7. The van der Waals surface area contributed by atoms with Crippen molar-refractivity contribution in [2.45, 2.75) is 45.8 Å². The van der Waals surface area contributed by atoms with Gasteiger partial charge in [0.25, 0.3) is 0 Å². The summed E-state index contributed by atoms with van der Waals surface area (Å²) in [7, 11) is -1.04. The third-order valence-electron chi connectivity index (χ3n) is 5.27. The molecule has 0 aliphatic heterocycles. The van der Waals surface area contributed by atoms with Crippen molar-refractivity contribution < 1.29 is 31.9 Å². The number of benzene rings is 2. The van der Waals surface area contributed by atoms with Crippen LogP contribution in [0, 0.1) is 5.82 Å². The Kier molecular flexibility index (Phi) is 9.31. The predicted molar refractivity (Wildman–Crippen MR) is 136 cm³/mol. The van der Waals surface area contributed by atoms with Gasteiger partial charge in [-0.15, -0.1) is 0 Å². The van der Waals surface area contributed by atoms with Gasteiger partial charge in [0.15, 0.2) is 11.5 Å². The summed E-state index contributed by atoms with van der Waals surface area (Å²) >= 11 is 0. The molecule has 9 nitrogen and oxygen atoms in total. The van der Waals surface area contributed by atoms with Crippen molar-refractivity contribution in [2.75, 3.05) is 31.3 Å². The minimum atomic E-state index is -3.91. The van der Waals surface area contributed by atoms with Crippen LogP contribution in [-0.4, -0.2) is 63.7 Å². The van der Waals surface area contributed by atoms with Gasteiger partial charge in [-0.1, -0.05) is 12.1 Å². The number of carbonyl (C=O) groups excluding carboxylic acids is 2. The lowest BCUT2D eigenvalue weighted by atomic mass is 10.1. The van der Waals surface area contributed by atoms with Crippen molar-refractivity contribution in [3.05, 3.63) is 53.8 Å². The summed E-state index contributed by atoms with van der Waals surface area (Å²) in [6.07, 6.45) is 0.983. The minimum Gasteiger partial charge on any atom is -0.493 e. The molecule has 2 aromatic carbocycles. The standard InChI is InChI=1S/C25H34FN3O6S/c1-17(24(31)27-25(2,3)4)28(15-18-8-10-19(26)11-9-18)23(30)16-29(36(7,32)33)20-12-13-21(34-5)22(14-20)35-6/h8-14,17H,15-16H2,1-7H3,(H,27,31)/t17-/m1/s1. The molecular formula is C25H34FN3O6S. The number of nitrogens with one attached hydrogen (secondary N) is 1. The predicted octanol–water partition coefficient (Wildman–Crippen LogP) is 2.94. The normalized spacial score (nSPS) is 12.4. The highest BCUT2D eigenvalue weighted by Crippen LogP contribution is 2.32. The van der Waals surface area contributed by atoms with Gasteiger partial charge in [-0.3, -0.25) is 13.9 Å². The summed E-state index contributed by atoms with van der Waals surface area (Å²) in [6.45, 7) is 6.40. The first-order chi connectivity index (χ1) is 16.7. The molecule has 2 rings (SSSR count). The molecule has 2 aromatic rings. The lowest BCUT2D eigenvalue weighted by molar-refractivity contribution is -0.140. The first kappa shape index (κ1) is 28.9. The van der Waals surface area contributed by atoms with Gasteiger partial charge in [0, 0.05) is 18.2 Å². The van der Waals surface area contributed by atoms with Crippen LogP contribution in [0.5, 0.6) is 11.5 Å². The van der Waals surface area contributed by atoms with Crippen LogP contribution >= 0.6 is 0 Å². The smallest absolute Gasteiger partial charge is 0.244 e. The molecule has 0 spiro atoms. The number of amides is 2. The molecule has 1 atom stereocenters. The Bertz CT molecular complexity index is 1180. The SMILES string of the molecule is COc1ccc(N(CC(=O)N(Cc2ccc(F)cc2)[C@H](C)C(=O)NC(C)(C)C)S(C)(=O)=O)cc1OC. The minimum absolute atomic E-state index is 0.0264. The summed E-state index contributed by atoms with van der Waals surface area (Å²) < 4.78 is 50.2. The molecule has 0 saturated heterocycles. The quantitative estimate of drug-likeness (QED) is 0.514. The Morgan fingerprint density at radius 1 is 1.03 bits per heavy atom. The van der Waals surface area contributed by atoms with E-state index in [4.69, 9.17) is 9.47 Å². The second-order valence-corrected chi connectivity index (χ2v) is 11.3. The highest BCUT2D eigenvalue weighted by atomic mass is 32.2. The third-order valence-corrected chi connectivity index (χ3v) is 6.41. The fraction of sp³-hybridized carbons (Fsp3) is 0.440. The van der Waals surface area contributed by atoms with E-state index >= 15 is 0 Å². The molecule has 198 valence electrons. The van der Waals surface area contributed by atoms with Gasteiger partial charge in [0.2, 0.25) is 21.8 Å².